The lowest BCUT2D eigenvalue weighted by atomic mass is 10.00. The van der Waals surface area contributed by atoms with Gasteiger partial charge in [0, 0.05) is 24.3 Å². The molecule has 1 N–H and O–H groups in total. The molecule has 0 saturated carbocycles. The van der Waals surface area contributed by atoms with Crippen molar-refractivity contribution in [2.45, 2.75) is 33.4 Å². The van der Waals surface area contributed by atoms with Gasteiger partial charge >= 0.3 is 0 Å². The average Bonchev–Trinajstić information content (AvgIpc) is 2.72. The molecule has 0 radical (unpaired) electrons. The Balaban J connectivity index is 2.51. The predicted octanol–water partition coefficient (Wildman–Crippen LogP) is 3.30. The van der Waals surface area contributed by atoms with E-state index in [1.165, 1.54) is 6.07 Å². The highest BCUT2D eigenvalue weighted by Crippen LogP contribution is 2.28. The SMILES string of the molecule is CNCc1cc(F)ccc1-c1cn(C(C)C)nc1C. The molecule has 0 aliphatic rings. The molecule has 1 heterocycles. The highest BCUT2D eigenvalue weighted by atomic mass is 19.1. The van der Waals surface area contributed by atoms with E-state index in [4.69, 9.17) is 0 Å². The van der Waals surface area contributed by atoms with Crippen LogP contribution in [0.2, 0.25) is 0 Å². The molecule has 2 rings (SSSR count). The van der Waals surface area contributed by atoms with E-state index in [0.29, 0.717) is 12.6 Å². The minimum Gasteiger partial charge on any atom is -0.316 e. The number of hydrogen-bond donors (Lipinski definition) is 1. The smallest absolute Gasteiger partial charge is 0.123 e. The third-order valence-corrected chi connectivity index (χ3v) is 3.17. The van der Waals surface area contributed by atoms with E-state index in [2.05, 4.69) is 24.3 Å². The summed E-state index contributed by atoms with van der Waals surface area (Å²) in [5.74, 6) is -0.206. The van der Waals surface area contributed by atoms with Crippen LogP contribution >= 0.6 is 0 Å². The lowest BCUT2D eigenvalue weighted by molar-refractivity contribution is 0.529. The van der Waals surface area contributed by atoms with Gasteiger partial charge in [-0.05, 0) is 51.1 Å². The number of halogens is 1. The molecule has 2 aromatic rings. The average molecular weight is 261 g/mol. The maximum absolute atomic E-state index is 13.4. The van der Waals surface area contributed by atoms with Crippen LogP contribution in [0, 0.1) is 12.7 Å². The van der Waals surface area contributed by atoms with Gasteiger partial charge in [-0.2, -0.15) is 5.10 Å². The molecule has 19 heavy (non-hydrogen) atoms. The summed E-state index contributed by atoms with van der Waals surface area (Å²) in [5, 5.41) is 7.59. The van der Waals surface area contributed by atoms with Crippen molar-refractivity contribution >= 4 is 0 Å². The number of nitrogens with one attached hydrogen (secondary N) is 1. The predicted molar refractivity (Wildman–Crippen MR) is 75.5 cm³/mol. The van der Waals surface area contributed by atoms with Crippen LogP contribution in [0.25, 0.3) is 11.1 Å². The van der Waals surface area contributed by atoms with Gasteiger partial charge < -0.3 is 5.32 Å². The summed E-state index contributed by atoms with van der Waals surface area (Å²) in [6.07, 6.45) is 2.03. The molecule has 0 aliphatic heterocycles. The summed E-state index contributed by atoms with van der Waals surface area (Å²) in [6.45, 7) is 6.81. The van der Waals surface area contributed by atoms with Crippen LogP contribution in [0.1, 0.15) is 31.1 Å². The standard InChI is InChI=1S/C15H20FN3/c1-10(2)19-9-15(11(3)18-19)14-6-5-13(16)7-12(14)8-17-4/h5-7,9-10,17H,8H2,1-4H3. The van der Waals surface area contributed by atoms with Crippen molar-refractivity contribution < 1.29 is 4.39 Å². The minimum atomic E-state index is -0.206. The van der Waals surface area contributed by atoms with Gasteiger partial charge in [-0.3, -0.25) is 4.68 Å². The van der Waals surface area contributed by atoms with E-state index < -0.39 is 0 Å². The number of benzene rings is 1. The third kappa shape index (κ3) is 2.84. The lowest BCUT2D eigenvalue weighted by Crippen LogP contribution is -2.06. The van der Waals surface area contributed by atoms with Crippen LogP contribution < -0.4 is 5.32 Å². The van der Waals surface area contributed by atoms with Crippen molar-refractivity contribution in [3.63, 3.8) is 0 Å². The van der Waals surface area contributed by atoms with Crippen molar-refractivity contribution in [3.8, 4) is 11.1 Å². The number of aryl methyl sites for hydroxylation is 1. The summed E-state index contributed by atoms with van der Waals surface area (Å²) >= 11 is 0. The topological polar surface area (TPSA) is 29.9 Å². The Bertz CT molecular complexity index is 573. The first kappa shape index (κ1) is 13.7. The van der Waals surface area contributed by atoms with E-state index in [9.17, 15) is 4.39 Å². The molecule has 0 aliphatic carbocycles. The van der Waals surface area contributed by atoms with Gasteiger partial charge in [0.05, 0.1) is 5.69 Å². The Labute approximate surface area is 113 Å². The molecule has 102 valence electrons. The maximum Gasteiger partial charge on any atom is 0.123 e. The summed E-state index contributed by atoms with van der Waals surface area (Å²) in [5.41, 5.74) is 4.03. The molecular formula is C15H20FN3. The van der Waals surface area contributed by atoms with Gasteiger partial charge in [-0.15, -0.1) is 0 Å². The quantitative estimate of drug-likeness (QED) is 0.915. The molecule has 0 unspecified atom stereocenters. The first-order valence-electron chi connectivity index (χ1n) is 6.52. The van der Waals surface area contributed by atoms with E-state index in [1.807, 2.05) is 30.9 Å². The first-order chi connectivity index (χ1) is 9.02. The van der Waals surface area contributed by atoms with Crippen LogP contribution in [0.5, 0.6) is 0 Å². The molecule has 0 saturated heterocycles. The van der Waals surface area contributed by atoms with E-state index in [1.54, 1.807) is 6.07 Å². The Morgan fingerprint density at radius 2 is 2.05 bits per heavy atom. The zero-order chi connectivity index (χ0) is 14.0. The maximum atomic E-state index is 13.4. The zero-order valence-corrected chi connectivity index (χ0v) is 11.9. The molecular weight excluding hydrogens is 241 g/mol. The molecule has 1 aromatic heterocycles. The third-order valence-electron chi connectivity index (χ3n) is 3.17. The van der Waals surface area contributed by atoms with Crippen LogP contribution in [0.3, 0.4) is 0 Å². The summed E-state index contributed by atoms with van der Waals surface area (Å²) in [7, 11) is 1.86. The van der Waals surface area contributed by atoms with Crippen LogP contribution in [0.4, 0.5) is 4.39 Å². The van der Waals surface area contributed by atoms with Crippen molar-refractivity contribution in [1.82, 2.24) is 15.1 Å². The molecule has 4 heteroatoms. The molecule has 0 amide bonds. The summed E-state index contributed by atoms with van der Waals surface area (Å²) in [6, 6.07) is 5.23. The second kappa shape index (κ2) is 5.53. The fourth-order valence-electron chi connectivity index (χ4n) is 2.17. The van der Waals surface area contributed by atoms with Gasteiger partial charge in [-0.25, -0.2) is 4.39 Å². The molecule has 0 spiro atoms. The van der Waals surface area contributed by atoms with Crippen LogP contribution in [0.15, 0.2) is 24.4 Å². The number of nitrogens with zero attached hydrogens (tertiary/aromatic N) is 2. The Kier molecular flexibility index (Phi) is 4.00. The minimum absolute atomic E-state index is 0.206. The fourth-order valence-corrected chi connectivity index (χ4v) is 2.17. The Hall–Kier alpha value is -1.68. The Morgan fingerprint density at radius 1 is 1.32 bits per heavy atom. The van der Waals surface area contributed by atoms with Crippen molar-refractivity contribution in [1.29, 1.82) is 0 Å². The highest BCUT2D eigenvalue weighted by molar-refractivity contribution is 5.69. The van der Waals surface area contributed by atoms with Crippen molar-refractivity contribution in [2.24, 2.45) is 0 Å². The molecule has 0 atom stereocenters. The van der Waals surface area contributed by atoms with Crippen molar-refractivity contribution in [2.75, 3.05) is 7.05 Å². The first-order valence-corrected chi connectivity index (χ1v) is 6.52. The van der Waals surface area contributed by atoms with Gasteiger partial charge in [0.25, 0.3) is 0 Å². The largest absolute Gasteiger partial charge is 0.316 e. The molecule has 3 nitrogen and oxygen atoms in total. The number of rotatable bonds is 4. The summed E-state index contributed by atoms with van der Waals surface area (Å²) in [4.78, 5) is 0. The fraction of sp³-hybridized carbons (Fsp3) is 0.400. The normalized spacial score (nSPS) is 11.3. The molecule has 1 aromatic carbocycles. The van der Waals surface area contributed by atoms with E-state index in [-0.39, 0.29) is 5.82 Å². The second-order valence-electron chi connectivity index (χ2n) is 5.03. The van der Waals surface area contributed by atoms with Gasteiger partial charge in [0.1, 0.15) is 5.82 Å². The van der Waals surface area contributed by atoms with Crippen molar-refractivity contribution in [3.05, 3.63) is 41.5 Å². The van der Waals surface area contributed by atoms with E-state index >= 15 is 0 Å². The lowest BCUT2D eigenvalue weighted by Gasteiger charge is -2.08. The zero-order valence-electron chi connectivity index (χ0n) is 11.9. The molecule has 0 fully saturated rings. The number of aromatic nitrogens is 2. The van der Waals surface area contributed by atoms with Gasteiger partial charge in [0.15, 0.2) is 0 Å². The van der Waals surface area contributed by atoms with Gasteiger partial charge in [0.2, 0.25) is 0 Å². The highest BCUT2D eigenvalue weighted by Gasteiger charge is 2.13. The second-order valence-corrected chi connectivity index (χ2v) is 5.03. The number of hydrogen-bond acceptors (Lipinski definition) is 2. The molecule has 0 bridgehead atoms. The van der Waals surface area contributed by atoms with Crippen LogP contribution in [-0.2, 0) is 6.54 Å². The monoisotopic (exact) mass is 261 g/mol. The summed E-state index contributed by atoms with van der Waals surface area (Å²) < 4.78 is 15.3. The van der Waals surface area contributed by atoms with Gasteiger partial charge in [-0.1, -0.05) is 6.07 Å². The van der Waals surface area contributed by atoms with E-state index in [0.717, 1.165) is 22.4 Å². The van der Waals surface area contributed by atoms with Crippen LogP contribution in [-0.4, -0.2) is 16.8 Å². The Morgan fingerprint density at radius 3 is 2.63 bits per heavy atom.